The predicted molar refractivity (Wildman–Crippen MR) is 92.9 cm³/mol. The van der Waals surface area contributed by atoms with Crippen molar-refractivity contribution in [3.05, 3.63) is 33.9 Å². The number of thiocarbonyl (C=S) groups is 1. The molecule has 3 rings (SSSR count). The van der Waals surface area contributed by atoms with Crippen LogP contribution in [0.4, 0.5) is 0 Å². The summed E-state index contributed by atoms with van der Waals surface area (Å²) in [6.07, 6.45) is 4.95. The molecule has 0 bridgehead atoms. The SMILES string of the molecule is COc1c(C)c2c(c(O)c1C/C=C1\CCC(C(O)=S)C1)C(=O)OC2. The molecule has 0 aromatic heterocycles. The van der Waals surface area contributed by atoms with Crippen LogP contribution in [0.15, 0.2) is 11.6 Å². The number of hydrogen-bond acceptors (Lipinski definition) is 5. The number of phenolic OH excluding ortho intramolecular Hbond substituents is 1. The van der Waals surface area contributed by atoms with Crippen LogP contribution in [0.5, 0.6) is 11.5 Å². The molecule has 0 radical (unpaired) electrons. The highest BCUT2D eigenvalue weighted by atomic mass is 32.1. The van der Waals surface area contributed by atoms with Gasteiger partial charge in [0.1, 0.15) is 23.7 Å². The molecule has 2 aliphatic rings. The van der Waals surface area contributed by atoms with E-state index in [0.29, 0.717) is 23.3 Å². The number of cyclic esters (lactones) is 1. The molecule has 2 N–H and O–H groups in total. The van der Waals surface area contributed by atoms with Crippen LogP contribution in [0.2, 0.25) is 0 Å². The number of carbonyl (C=O) groups is 1. The van der Waals surface area contributed by atoms with Crippen molar-refractivity contribution in [3.8, 4) is 11.5 Å². The van der Waals surface area contributed by atoms with Crippen LogP contribution in [-0.2, 0) is 17.8 Å². The van der Waals surface area contributed by atoms with E-state index in [4.69, 9.17) is 21.7 Å². The van der Waals surface area contributed by atoms with Gasteiger partial charge in [-0.15, -0.1) is 0 Å². The number of phenols is 1. The van der Waals surface area contributed by atoms with Crippen LogP contribution in [0.3, 0.4) is 0 Å². The monoisotopic (exact) mass is 348 g/mol. The number of aliphatic hydroxyl groups is 1. The Morgan fingerprint density at radius 2 is 2.25 bits per heavy atom. The zero-order chi connectivity index (χ0) is 17.4. The van der Waals surface area contributed by atoms with Gasteiger partial charge in [-0.2, -0.15) is 0 Å². The molecule has 1 heterocycles. The first-order chi connectivity index (χ1) is 11.4. The molecular weight excluding hydrogens is 328 g/mol. The van der Waals surface area contributed by atoms with Crippen molar-refractivity contribution in [3.63, 3.8) is 0 Å². The molecule has 1 atom stereocenters. The third-order valence-corrected chi connectivity index (χ3v) is 5.25. The van der Waals surface area contributed by atoms with Crippen molar-refractivity contribution in [2.75, 3.05) is 7.11 Å². The molecule has 128 valence electrons. The molecule has 1 aromatic carbocycles. The normalized spacial score (nSPS) is 21.0. The number of ether oxygens (including phenoxy) is 2. The summed E-state index contributed by atoms with van der Waals surface area (Å²) < 4.78 is 10.5. The number of benzene rings is 1. The molecule has 1 saturated carbocycles. The molecule has 1 aliphatic carbocycles. The van der Waals surface area contributed by atoms with Gasteiger partial charge in [-0.1, -0.05) is 11.6 Å². The van der Waals surface area contributed by atoms with Gasteiger partial charge < -0.3 is 19.7 Å². The Bertz CT molecular complexity index is 751. The maximum atomic E-state index is 11.9. The Balaban J connectivity index is 1.94. The number of esters is 1. The predicted octanol–water partition coefficient (Wildman–Crippen LogP) is 3.53. The molecule has 1 aromatic rings. The van der Waals surface area contributed by atoms with Crippen molar-refractivity contribution >= 4 is 23.2 Å². The van der Waals surface area contributed by atoms with Crippen molar-refractivity contribution < 1.29 is 24.5 Å². The third-order valence-electron chi connectivity index (χ3n) is 4.91. The van der Waals surface area contributed by atoms with Crippen LogP contribution >= 0.6 is 12.2 Å². The van der Waals surface area contributed by atoms with E-state index in [1.165, 1.54) is 5.57 Å². The largest absolute Gasteiger partial charge is 0.507 e. The summed E-state index contributed by atoms with van der Waals surface area (Å²) in [7, 11) is 1.55. The van der Waals surface area contributed by atoms with E-state index in [-0.39, 0.29) is 28.9 Å². The van der Waals surface area contributed by atoms with Gasteiger partial charge in [-0.25, -0.2) is 4.79 Å². The Hall–Kier alpha value is -2.08. The van der Waals surface area contributed by atoms with Gasteiger partial charge in [0.05, 0.1) is 7.11 Å². The molecule has 0 saturated heterocycles. The molecule has 24 heavy (non-hydrogen) atoms. The van der Waals surface area contributed by atoms with E-state index in [1.807, 2.05) is 13.0 Å². The average molecular weight is 348 g/mol. The quantitative estimate of drug-likeness (QED) is 0.492. The van der Waals surface area contributed by atoms with Crippen LogP contribution in [-0.4, -0.2) is 28.3 Å². The van der Waals surface area contributed by atoms with E-state index in [1.54, 1.807) is 7.11 Å². The number of hydrogen-bond donors (Lipinski definition) is 2. The zero-order valence-corrected chi connectivity index (χ0v) is 14.5. The second kappa shape index (κ2) is 6.43. The first kappa shape index (κ1) is 16.8. The van der Waals surface area contributed by atoms with Gasteiger partial charge in [0.15, 0.2) is 5.05 Å². The van der Waals surface area contributed by atoms with Crippen LogP contribution in [0, 0.1) is 12.8 Å². The summed E-state index contributed by atoms with van der Waals surface area (Å²) in [4.78, 5) is 11.9. The fourth-order valence-corrected chi connectivity index (χ4v) is 3.75. The van der Waals surface area contributed by atoms with Crippen LogP contribution in [0.25, 0.3) is 0 Å². The smallest absolute Gasteiger partial charge is 0.342 e. The van der Waals surface area contributed by atoms with Crippen molar-refractivity contribution in [1.82, 2.24) is 0 Å². The van der Waals surface area contributed by atoms with Gasteiger partial charge >= 0.3 is 5.97 Å². The standard InChI is InChI=1S/C18H20O5S/c1-9-13-8-23-17(20)14(13)15(19)12(16(9)22-2)6-4-10-3-5-11(7-10)18(21)24/h4,11,19H,3,5-8H2,1-2H3,(H,21,24)/b10-4+. The molecule has 5 nitrogen and oxygen atoms in total. The first-order valence-electron chi connectivity index (χ1n) is 7.93. The van der Waals surface area contributed by atoms with Gasteiger partial charge in [0.25, 0.3) is 0 Å². The lowest BCUT2D eigenvalue weighted by molar-refractivity contribution is 0.0533. The summed E-state index contributed by atoms with van der Waals surface area (Å²) in [5.41, 5.74) is 3.55. The summed E-state index contributed by atoms with van der Waals surface area (Å²) in [5.74, 6) is 0.0832. The number of methoxy groups -OCH3 is 1. The highest BCUT2D eigenvalue weighted by molar-refractivity contribution is 7.80. The molecule has 1 aliphatic heterocycles. The fraction of sp³-hybridized carbons (Fsp3) is 0.444. The zero-order valence-electron chi connectivity index (χ0n) is 13.7. The first-order valence-corrected chi connectivity index (χ1v) is 8.34. The molecule has 6 heteroatoms. The van der Waals surface area contributed by atoms with Crippen LogP contribution < -0.4 is 4.74 Å². The molecule has 0 amide bonds. The maximum Gasteiger partial charge on any atom is 0.342 e. The highest BCUT2D eigenvalue weighted by Gasteiger charge is 2.32. The van der Waals surface area contributed by atoms with E-state index >= 15 is 0 Å². The highest BCUT2D eigenvalue weighted by Crippen LogP contribution is 2.42. The summed E-state index contributed by atoms with van der Waals surface area (Å²) in [6.45, 7) is 2.03. The molecule has 1 unspecified atom stereocenters. The minimum atomic E-state index is -0.492. The Morgan fingerprint density at radius 1 is 1.50 bits per heavy atom. The van der Waals surface area contributed by atoms with E-state index in [2.05, 4.69) is 0 Å². The van der Waals surface area contributed by atoms with Crippen molar-refractivity contribution in [2.45, 2.75) is 39.2 Å². The molecular formula is C18H20O5S. The fourth-order valence-electron chi connectivity index (χ4n) is 3.55. The van der Waals surface area contributed by atoms with E-state index in [0.717, 1.165) is 24.8 Å². The van der Waals surface area contributed by atoms with Crippen LogP contribution in [0.1, 0.15) is 46.3 Å². The second-order valence-corrected chi connectivity index (χ2v) is 6.68. The summed E-state index contributed by atoms with van der Waals surface area (Å²) in [6, 6.07) is 0. The lowest BCUT2D eigenvalue weighted by Gasteiger charge is -2.15. The number of allylic oxidation sites excluding steroid dienone is 2. The Kier molecular flexibility index (Phi) is 4.49. The lowest BCUT2D eigenvalue weighted by Crippen LogP contribution is -2.05. The topological polar surface area (TPSA) is 76.0 Å². The van der Waals surface area contributed by atoms with Gasteiger partial charge in [0, 0.05) is 17.0 Å². The Labute approximate surface area is 145 Å². The summed E-state index contributed by atoms with van der Waals surface area (Å²) >= 11 is 4.85. The minimum Gasteiger partial charge on any atom is -0.507 e. The van der Waals surface area contributed by atoms with E-state index < -0.39 is 5.97 Å². The van der Waals surface area contributed by atoms with Crippen molar-refractivity contribution in [1.29, 1.82) is 0 Å². The lowest BCUT2D eigenvalue weighted by atomic mass is 9.94. The molecule has 0 spiro atoms. The van der Waals surface area contributed by atoms with Gasteiger partial charge in [-0.3, -0.25) is 0 Å². The van der Waals surface area contributed by atoms with E-state index in [9.17, 15) is 15.0 Å². The summed E-state index contributed by atoms with van der Waals surface area (Å²) in [5, 5.41) is 20.1. The van der Waals surface area contributed by atoms with Gasteiger partial charge in [-0.05, 0) is 50.4 Å². The van der Waals surface area contributed by atoms with Crippen molar-refractivity contribution in [2.24, 2.45) is 5.92 Å². The average Bonchev–Trinajstić information content (AvgIpc) is 3.16. The Morgan fingerprint density at radius 3 is 2.88 bits per heavy atom. The number of rotatable bonds is 4. The van der Waals surface area contributed by atoms with Gasteiger partial charge in [0.2, 0.25) is 0 Å². The number of aromatic hydroxyl groups is 1. The third kappa shape index (κ3) is 2.75. The number of aliphatic hydroxyl groups excluding tert-OH is 1. The minimum absolute atomic E-state index is 0.0403. The molecule has 1 fully saturated rings. The number of fused-ring (bicyclic) bond motifs is 1. The number of carbonyl (C=O) groups excluding carboxylic acids is 1. The maximum absolute atomic E-state index is 11.9. The second-order valence-electron chi connectivity index (χ2n) is 6.26.